The molecule has 0 unspecified atom stereocenters. The van der Waals surface area contributed by atoms with Crippen LogP contribution in [0.3, 0.4) is 0 Å². The molecule has 0 saturated heterocycles. The van der Waals surface area contributed by atoms with Crippen LogP contribution in [0, 0.1) is 5.41 Å². The minimum absolute atomic E-state index is 0.0850. The lowest BCUT2D eigenvalue weighted by Crippen LogP contribution is -2.68. The molecule has 0 radical (unpaired) electrons. The molecule has 0 atom stereocenters. The standard InChI is InChI=1S/C22H29NO2Si/c1-21(2,3)26(18-11-6-4-7-12-18,19-13-8-5-9-14-19)25-17-22(20(23)24)15-10-16-22/h4-9,11-14H,10,15-17H2,1-3H3,(H2,23,24). The molecule has 0 spiro atoms. The third-order valence-corrected chi connectivity index (χ3v) is 10.8. The number of amides is 1. The van der Waals surface area contributed by atoms with Gasteiger partial charge in [0, 0.05) is 6.61 Å². The molecule has 1 saturated carbocycles. The Labute approximate surface area is 157 Å². The number of carbonyl (C=O) groups is 1. The average molecular weight is 368 g/mol. The minimum Gasteiger partial charge on any atom is -0.406 e. The zero-order valence-electron chi connectivity index (χ0n) is 16.0. The number of rotatable bonds is 6. The van der Waals surface area contributed by atoms with Gasteiger partial charge in [0.1, 0.15) is 0 Å². The van der Waals surface area contributed by atoms with Gasteiger partial charge in [-0.05, 0) is 28.3 Å². The second-order valence-electron chi connectivity index (χ2n) is 8.45. The Morgan fingerprint density at radius 1 is 1.00 bits per heavy atom. The smallest absolute Gasteiger partial charge is 0.261 e. The van der Waals surface area contributed by atoms with Gasteiger partial charge in [-0.2, -0.15) is 0 Å². The third kappa shape index (κ3) is 3.12. The fraction of sp³-hybridized carbons (Fsp3) is 0.409. The molecular weight excluding hydrogens is 338 g/mol. The third-order valence-electron chi connectivity index (χ3n) is 5.82. The number of hydrogen-bond donors (Lipinski definition) is 1. The number of nitrogens with two attached hydrogens (primary N) is 1. The molecule has 4 heteroatoms. The number of benzene rings is 2. The summed E-state index contributed by atoms with van der Waals surface area (Å²) in [6.45, 7) is 7.15. The van der Waals surface area contributed by atoms with Crippen LogP contribution in [0.25, 0.3) is 0 Å². The fourth-order valence-corrected chi connectivity index (χ4v) is 8.72. The molecule has 0 bridgehead atoms. The summed E-state index contributed by atoms with van der Waals surface area (Å²) in [5, 5.41) is 2.38. The average Bonchev–Trinajstić information content (AvgIpc) is 2.57. The van der Waals surface area contributed by atoms with Crippen molar-refractivity contribution in [1.82, 2.24) is 0 Å². The van der Waals surface area contributed by atoms with Crippen molar-refractivity contribution in [2.45, 2.75) is 45.1 Å². The summed E-state index contributed by atoms with van der Waals surface area (Å²) in [4.78, 5) is 12.1. The van der Waals surface area contributed by atoms with Crippen LogP contribution in [0.1, 0.15) is 40.0 Å². The molecule has 1 fully saturated rings. The van der Waals surface area contributed by atoms with Crippen molar-refractivity contribution < 1.29 is 9.22 Å². The van der Waals surface area contributed by atoms with Gasteiger partial charge >= 0.3 is 0 Å². The number of carbonyl (C=O) groups excluding carboxylic acids is 1. The van der Waals surface area contributed by atoms with Crippen LogP contribution in [-0.4, -0.2) is 20.8 Å². The van der Waals surface area contributed by atoms with Crippen LogP contribution < -0.4 is 16.1 Å². The second kappa shape index (κ2) is 7.01. The largest absolute Gasteiger partial charge is 0.406 e. The molecule has 1 amide bonds. The van der Waals surface area contributed by atoms with Crippen molar-refractivity contribution in [3.63, 3.8) is 0 Å². The maximum absolute atomic E-state index is 12.1. The van der Waals surface area contributed by atoms with E-state index in [4.69, 9.17) is 10.2 Å². The molecule has 2 aromatic rings. The molecule has 26 heavy (non-hydrogen) atoms. The Morgan fingerprint density at radius 3 is 1.77 bits per heavy atom. The van der Waals surface area contributed by atoms with Crippen molar-refractivity contribution >= 4 is 24.6 Å². The lowest BCUT2D eigenvalue weighted by molar-refractivity contribution is -0.135. The first-order valence-electron chi connectivity index (χ1n) is 9.37. The molecule has 1 aliphatic rings. The van der Waals surface area contributed by atoms with Crippen molar-refractivity contribution in [1.29, 1.82) is 0 Å². The van der Waals surface area contributed by atoms with E-state index in [2.05, 4.69) is 69.3 Å². The van der Waals surface area contributed by atoms with Gasteiger partial charge < -0.3 is 10.2 Å². The zero-order valence-corrected chi connectivity index (χ0v) is 17.0. The van der Waals surface area contributed by atoms with Crippen molar-refractivity contribution in [3.05, 3.63) is 60.7 Å². The quantitative estimate of drug-likeness (QED) is 0.797. The van der Waals surface area contributed by atoms with E-state index >= 15 is 0 Å². The van der Waals surface area contributed by atoms with Gasteiger partial charge in [-0.25, -0.2) is 0 Å². The highest BCUT2D eigenvalue weighted by atomic mass is 28.4. The first kappa shape index (κ1) is 18.9. The van der Waals surface area contributed by atoms with E-state index in [-0.39, 0.29) is 10.9 Å². The van der Waals surface area contributed by atoms with E-state index < -0.39 is 13.7 Å². The summed E-state index contributed by atoms with van der Waals surface area (Å²) < 4.78 is 6.87. The van der Waals surface area contributed by atoms with Gasteiger partial charge in [0.15, 0.2) is 0 Å². The van der Waals surface area contributed by atoms with E-state index in [0.717, 1.165) is 19.3 Å². The van der Waals surface area contributed by atoms with Crippen LogP contribution in [0.5, 0.6) is 0 Å². The van der Waals surface area contributed by atoms with Gasteiger partial charge in [0.25, 0.3) is 8.32 Å². The Balaban J connectivity index is 2.10. The Morgan fingerprint density at radius 2 is 1.46 bits per heavy atom. The van der Waals surface area contributed by atoms with Crippen molar-refractivity contribution in [2.24, 2.45) is 11.1 Å². The summed E-state index contributed by atoms with van der Waals surface area (Å²) >= 11 is 0. The van der Waals surface area contributed by atoms with Crippen LogP contribution in [0.2, 0.25) is 5.04 Å². The summed E-state index contributed by atoms with van der Waals surface area (Å²) in [7, 11) is -2.60. The summed E-state index contributed by atoms with van der Waals surface area (Å²) in [6.07, 6.45) is 2.72. The van der Waals surface area contributed by atoms with Gasteiger partial charge in [0.2, 0.25) is 5.91 Å². The normalized spacial score (nSPS) is 16.7. The predicted octanol–water partition coefficient (Wildman–Crippen LogP) is 3.22. The molecule has 2 aromatic carbocycles. The highest BCUT2D eigenvalue weighted by molar-refractivity contribution is 6.99. The first-order chi connectivity index (χ1) is 12.3. The lowest BCUT2D eigenvalue weighted by atomic mass is 9.69. The highest BCUT2D eigenvalue weighted by Crippen LogP contribution is 2.44. The maximum atomic E-state index is 12.1. The topological polar surface area (TPSA) is 52.3 Å². The van der Waals surface area contributed by atoms with E-state index in [1.807, 2.05) is 12.1 Å². The molecule has 0 aromatic heterocycles. The first-order valence-corrected chi connectivity index (χ1v) is 11.3. The molecule has 0 heterocycles. The van der Waals surface area contributed by atoms with Crippen molar-refractivity contribution in [2.75, 3.05) is 6.61 Å². The Bertz CT molecular complexity index is 709. The van der Waals surface area contributed by atoms with Gasteiger partial charge in [0.05, 0.1) is 5.41 Å². The molecule has 1 aliphatic carbocycles. The van der Waals surface area contributed by atoms with Crippen LogP contribution >= 0.6 is 0 Å². The summed E-state index contributed by atoms with van der Waals surface area (Å²) in [5.74, 6) is -0.221. The molecule has 3 rings (SSSR count). The van der Waals surface area contributed by atoms with E-state index in [9.17, 15) is 4.79 Å². The highest BCUT2D eigenvalue weighted by Gasteiger charge is 2.53. The summed E-state index contributed by atoms with van der Waals surface area (Å²) in [5.41, 5.74) is 5.25. The van der Waals surface area contributed by atoms with E-state index in [1.165, 1.54) is 10.4 Å². The zero-order chi connectivity index (χ0) is 18.8. The molecule has 138 valence electrons. The SMILES string of the molecule is CC(C)(C)[Si](OCC1(C(N)=O)CCC1)(c1ccccc1)c1ccccc1. The maximum Gasteiger partial charge on any atom is 0.261 e. The van der Waals surface area contributed by atoms with Gasteiger partial charge in [-0.3, -0.25) is 4.79 Å². The van der Waals surface area contributed by atoms with Crippen molar-refractivity contribution in [3.8, 4) is 0 Å². The van der Waals surface area contributed by atoms with Crippen LogP contribution in [0.4, 0.5) is 0 Å². The monoisotopic (exact) mass is 367 g/mol. The minimum atomic E-state index is -2.60. The fourth-order valence-electron chi connectivity index (χ4n) is 4.07. The van der Waals surface area contributed by atoms with E-state index in [0.29, 0.717) is 6.61 Å². The molecular formula is C22H29NO2Si. The Hall–Kier alpha value is -1.91. The number of hydrogen-bond acceptors (Lipinski definition) is 2. The van der Waals surface area contributed by atoms with Gasteiger partial charge in [-0.1, -0.05) is 87.9 Å². The lowest BCUT2D eigenvalue weighted by Gasteiger charge is -2.47. The van der Waals surface area contributed by atoms with E-state index in [1.54, 1.807) is 0 Å². The molecule has 0 aliphatic heterocycles. The summed E-state index contributed by atoms with van der Waals surface area (Å²) in [6, 6.07) is 21.0. The molecule has 2 N–H and O–H groups in total. The Kier molecular flexibility index (Phi) is 5.09. The molecule has 3 nitrogen and oxygen atoms in total. The van der Waals surface area contributed by atoms with Crippen LogP contribution in [0.15, 0.2) is 60.7 Å². The van der Waals surface area contributed by atoms with Crippen LogP contribution in [-0.2, 0) is 9.22 Å². The number of primary amides is 1. The second-order valence-corrected chi connectivity index (χ2v) is 12.8. The van der Waals surface area contributed by atoms with Gasteiger partial charge in [-0.15, -0.1) is 0 Å². The predicted molar refractivity (Wildman–Crippen MR) is 109 cm³/mol.